The molecule has 98 valence electrons. The minimum Gasteiger partial charge on any atom is -0.392 e. The molecule has 1 aromatic rings. The van der Waals surface area contributed by atoms with Gasteiger partial charge in [-0.15, -0.1) is 0 Å². The van der Waals surface area contributed by atoms with Crippen molar-refractivity contribution in [2.45, 2.75) is 19.3 Å². The topological polar surface area (TPSA) is 63.4 Å². The third-order valence-electron chi connectivity index (χ3n) is 2.98. The average molecular weight is 284 g/mol. The standard InChI is InChI=1S/C12H16N2O2S2/c13-12(17)9-18(15,16)14-8-4-3-6-10-5-1-2-7-11(10)14/h1-2,5,7H,3-4,6,8-9H2,(H2,13,17). The molecule has 0 unspecified atom stereocenters. The molecule has 2 rings (SSSR count). The zero-order valence-corrected chi connectivity index (χ0v) is 11.6. The number of nitrogens with zero attached hydrogens (tertiary/aromatic N) is 1. The maximum absolute atomic E-state index is 12.3. The fourth-order valence-electron chi connectivity index (χ4n) is 2.20. The number of nitrogens with two attached hydrogens (primary N) is 1. The molecule has 0 radical (unpaired) electrons. The number of hydrogen-bond donors (Lipinski definition) is 1. The molecular weight excluding hydrogens is 268 g/mol. The molecule has 6 heteroatoms. The summed E-state index contributed by atoms with van der Waals surface area (Å²) in [5.41, 5.74) is 7.21. The number of sulfonamides is 1. The number of fused-ring (bicyclic) bond motifs is 1. The van der Waals surface area contributed by atoms with Gasteiger partial charge in [0.1, 0.15) is 5.75 Å². The Balaban J connectivity index is 2.42. The molecule has 0 aliphatic carbocycles. The highest BCUT2D eigenvalue weighted by molar-refractivity contribution is 7.95. The Labute approximate surface area is 113 Å². The zero-order chi connectivity index (χ0) is 13.2. The van der Waals surface area contributed by atoms with Crippen molar-refractivity contribution in [2.24, 2.45) is 5.73 Å². The van der Waals surface area contributed by atoms with Gasteiger partial charge >= 0.3 is 0 Å². The van der Waals surface area contributed by atoms with Crippen molar-refractivity contribution in [3.63, 3.8) is 0 Å². The monoisotopic (exact) mass is 284 g/mol. The zero-order valence-electron chi connectivity index (χ0n) is 10.0. The SMILES string of the molecule is NC(=S)CS(=O)(=O)N1CCCCc2ccccc21. The Hall–Kier alpha value is -1.14. The number of anilines is 1. The van der Waals surface area contributed by atoms with Crippen LogP contribution in [0.1, 0.15) is 18.4 Å². The number of aryl methyl sites for hydroxylation is 1. The predicted octanol–water partition coefficient (Wildman–Crippen LogP) is 1.45. The Morgan fingerprint density at radius 2 is 2.06 bits per heavy atom. The van der Waals surface area contributed by atoms with Crippen LogP contribution in [0.2, 0.25) is 0 Å². The van der Waals surface area contributed by atoms with E-state index in [9.17, 15) is 8.42 Å². The normalized spacial score (nSPS) is 15.9. The molecule has 2 N–H and O–H groups in total. The maximum atomic E-state index is 12.3. The van der Waals surface area contributed by atoms with Crippen LogP contribution in [0.4, 0.5) is 5.69 Å². The van der Waals surface area contributed by atoms with Gasteiger partial charge < -0.3 is 5.73 Å². The molecule has 0 atom stereocenters. The van der Waals surface area contributed by atoms with Gasteiger partial charge in [-0.25, -0.2) is 8.42 Å². The minimum atomic E-state index is -3.45. The average Bonchev–Trinajstić information content (AvgIpc) is 2.49. The number of para-hydroxylation sites is 1. The number of thiocarbonyl (C=S) groups is 1. The second kappa shape index (κ2) is 5.24. The highest BCUT2D eigenvalue weighted by Crippen LogP contribution is 2.28. The first-order valence-electron chi connectivity index (χ1n) is 5.87. The lowest BCUT2D eigenvalue weighted by Gasteiger charge is -2.24. The lowest BCUT2D eigenvalue weighted by atomic mass is 10.1. The molecule has 1 aliphatic rings. The lowest BCUT2D eigenvalue weighted by molar-refractivity contribution is 0.593. The molecule has 0 fully saturated rings. The first-order chi connectivity index (χ1) is 8.50. The van der Waals surface area contributed by atoms with E-state index in [1.165, 1.54) is 4.31 Å². The van der Waals surface area contributed by atoms with E-state index in [1.807, 2.05) is 24.3 Å². The van der Waals surface area contributed by atoms with Crippen LogP contribution in [0.5, 0.6) is 0 Å². The summed E-state index contributed by atoms with van der Waals surface area (Å²) in [7, 11) is -3.45. The van der Waals surface area contributed by atoms with Crippen LogP contribution >= 0.6 is 12.2 Å². The molecule has 0 bridgehead atoms. The number of benzene rings is 1. The van der Waals surface area contributed by atoms with Gasteiger partial charge in [0.2, 0.25) is 10.0 Å². The largest absolute Gasteiger partial charge is 0.392 e. The lowest BCUT2D eigenvalue weighted by Crippen LogP contribution is -2.37. The van der Waals surface area contributed by atoms with Gasteiger partial charge in [0, 0.05) is 6.54 Å². The van der Waals surface area contributed by atoms with Gasteiger partial charge in [0.25, 0.3) is 0 Å². The molecule has 4 nitrogen and oxygen atoms in total. The van der Waals surface area contributed by atoms with Crippen molar-refractivity contribution in [3.05, 3.63) is 29.8 Å². The van der Waals surface area contributed by atoms with Crippen LogP contribution in [0.15, 0.2) is 24.3 Å². The van der Waals surface area contributed by atoms with E-state index in [0.29, 0.717) is 6.54 Å². The van der Waals surface area contributed by atoms with Crippen molar-refractivity contribution in [2.75, 3.05) is 16.6 Å². The van der Waals surface area contributed by atoms with E-state index in [2.05, 4.69) is 0 Å². The van der Waals surface area contributed by atoms with Gasteiger partial charge in [-0.2, -0.15) is 0 Å². The van der Waals surface area contributed by atoms with E-state index >= 15 is 0 Å². The molecule has 0 aromatic heterocycles. The van der Waals surface area contributed by atoms with Crippen molar-refractivity contribution >= 4 is 32.9 Å². The smallest absolute Gasteiger partial charge is 0.241 e. The molecule has 0 amide bonds. The molecule has 0 saturated carbocycles. The number of hydrogen-bond acceptors (Lipinski definition) is 3. The van der Waals surface area contributed by atoms with Crippen LogP contribution in [-0.4, -0.2) is 25.7 Å². The fraction of sp³-hybridized carbons (Fsp3) is 0.417. The molecule has 0 spiro atoms. The summed E-state index contributed by atoms with van der Waals surface area (Å²) < 4.78 is 26.0. The Morgan fingerprint density at radius 3 is 2.78 bits per heavy atom. The van der Waals surface area contributed by atoms with E-state index in [-0.39, 0.29) is 10.7 Å². The molecule has 1 aromatic carbocycles. The quantitative estimate of drug-likeness (QED) is 0.853. The van der Waals surface area contributed by atoms with E-state index in [0.717, 1.165) is 30.5 Å². The van der Waals surface area contributed by atoms with Crippen molar-refractivity contribution in [3.8, 4) is 0 Å². The molecule has 18 heavy (non-hydrogen) atoms. The summed E-state index contributed by atoms with van der Waals surface area (Å²) in [6.45, 7) is 0.502. The Kier molecular flexibility index (Phi) is 3.87. The van der Waals surface area contributed by atoms with Gasteiger partial charge in [-0.3, -0.25) is 4.31 Å². The van der Waals surface area contributed by atoms with Crippen LogP contribution < -0.4 is 10.0 Å². The fourth-order valence-corrected chi connectivity index (χ4v) is 4.05. The summed E-state index contributed by atoms with van der Waals surface area (Å²) in [5, 5.41) is 0. The van der Waals surface area contributed by atoms with Crippen LogP contribution in [-0.2, 0) is 16.4 Å². The summed E-state index contributed by atoms with van der Waals surface area (Å²) in [6, 6.07) is 7.61. The molecule has 1 aliphatic heterocycles. The van der Waals surface area contributed by atoms with Crippen molar-refractivity contribution in [1.29, 1.82) is 0 Å². The van der Waals surface area contributed by atoms with Gasteiger partial charge in [0.15, 0.2) is 0 Å². The minimum absolute atomic E-state index is 0.0109. The van der Waals surface area contributed by atoms with E-state index in [4.69, 9.17) is 18.0 Å². The summed E-state index contributed by atoms with van der Waals surface area (Å²) in [4.78, 5) is 0.0109. The molecule has 1 heterocycles. The summed E-state index contributed by atoms with van der Waals surface area (Å²) in [6.07, 6.45) is 2.76. The molecule has 0 saturated heterocycles. The Bertz CT molecular complexity index is 555. The third-order valence-corrected chi connectivity index (χ3v) is 5.03. The maximum Gasteiger partial charge on any atom is 0.241 e. The highest BCUT2D eigenvalue weighted by Gasteiger charge is 2.26. The van der Waals surface area contributed by atoms with Crippen molar-refractivity contribution < 1.29 is 8.42 Å². The van der Waals surface area contributed by atoms with Gasteiger partial charge in [0.05, 0.1) is 10.7 Å². The second-order valence-electron chi connectivity index (χ2n) is 4.38. The summed E-state index contributed by atoms with van der Waals surface area (Å²) in [5.74, 6) is -0.267. The van der Waals surface area contributed by atoms with Gasteiger partial charge in [-0.1, -0.05) is 30.4 Å². The molecular formula is C12H16N2O2S2. The van der Waals surface area contributed by atoms with Crippen molar-refractivity contribution in [1.82, 2.24) is 0 Å². The first kappa shape index (κ1) is 13.3. The van der Waals surface area contributed by atoms with Crippen LogP contribution in [0.3, 0.4) is 0 Å². The second-order valence-corrected chi connectivity index (χ2v) is 6.80. The third kappa shape index (κ3) is 2.81. The van der Waals surface area contributed by atoms with Crippen LogP contribution in [0, 0.1) is 0 Å². The Morgan fingerprint density at radius 1 is 1.33 bits per heavy atom. The van der Waals surface area contributed by atoms with E-state index in [1.54, 1.807) is 0 Å². The van der Waals surface area contributed by atoms with E-state index < -0.39 is 10.0 Å². The van der Waals surface area contributed by atoms with Gasteiger partial charge in [-0.05, 0) is 30.9 Å². The predicted molar refractivity (Wildman–Crippen MR) is 77.3 cm³/mol. The highest BCUT2D eigenvalue weighted by atomic mass is 32.2. The number of rotatable bonds is 3. The summed E-state index contributed by atoms with van der Waals surface area (Å²) >= 11 is 4.72. The van der Waals surface area contributed by atoms with Crippen LogP contribution in [0.25, 0.3) is 0 Å². The first-order valence-corrected chi connectivity index (χ1v) is 7.89.